The van der Waals surface area contributed by atoms with Gasteiger partial charge < -0.3 is 10.4 Å². The Hall–Kier alpha value is -2.43. The standard InChI is InChI=1S/C13H13N3O2/c17-13(18)16-9-12(10-3-1-5-14-7-10)11-4-2-6-15-8-11/h1-8,12,16H,9H2,(H,17,18). The van der Waals surface area contributed by atoms with Gasteiger partial charge in [0, 0.05) is 37.3 Å². The number of nitrogens with zero attached hydrogens (tertiary/aromatic N) is 2. The second kappa shape index (κ2) is 5.77. The van der Waals surface area contributed by atoms with Gasteiger partial charge in [-0.25, -0.2) is 4.79 Å². The zero-order valence-electron chi connectivity index (χ0n) is 9.65. The number of pyridine rings is 2. The molecule has 2 heterocycles. The number of aromatic nitrogens is 2. The van der Waals surface area contributed by atoms with Gasteiger partial charge in [0.05, 0.1) is 0 Å². The lowest BCUT2D eigenvalue weighted by atomic mass is 9.94. The summed E-state index contributed by atoms with van der Waals surface area (Å²) in [5.41, 5.74) is 1.92. The predicted molar refractivity (Wildman–Crippen MR) is 66.3 cm³/mol. The lowest BCUT2D eigenvalue weighted by molar-refractivity contribution is 0.194. The van der Waals surface area contributed by atoms with E-state index in [1.807, 2.05) is 24.3 Å². The minimum atomic E-state index is -1.03. The average Bonchev–Trinajstić information content (AvgIpc) is 2.41. The van der Waals surface area contributed by atoms with E-state index in [1.165, 1.54) is 0 Å². The smallest absolute Gasteiger partial charge is 0.404 e. The van der Waals surface area contributed by atoms with Crippen LogP contribution in [0, 0.1) is 0 Å². The Morgan fingerprint density at radius 1 is 1.17 bits per heavy atom. The zero-order chi connectivity index (χ0) is 12.8. The van der Waals surface area contributed by atoms with Crippen molar-refractivity contribution in [2.75, 3.05) is 6.54 Å². The molecule has 0 saturated carbocycles. The van der Waals surface area contributed by atoms with Crippen molar-refractivity contribution in [2.24, 2.45) is 0 Å². The Kier molecular flexibility index (Phi) is 3.86. The summed E-state index contributed by atoms with van der Waals surface area (Å²) in [6.07, 6.45) is 5.82. The van der Waals surface area contributed by atoms with E-state index in [9.17, 15) is 4.79 Å². The van der Waals surface area contributed by atoms with E-state index in [1.54, 1.807) is 24.8 Å². The molecular formula is C13H13N3O2. The van der Waals surface area contributed by atoms with Gasteiger partial charge in [-0.05, 0) is 23.3 Å². The van der Waals surface area contributed by atoms with E-state index >= 15 is 0 Å². The summed E-state index contributed by atoms with van der Waals surface area (Å²) >= 11 is 0. The van der Waals surface area contributed by atoms with Crippen LogP contribution in [0.4, 0.5) is 4.79 Å². The van der Waals surface area contributed by atoms with Crippen molar-refractivity contribution in [1.29, 1.82) is 0 Å². The minimum absolute atomic E-state index is 0.0801. The van der Waals surface area contributed by atoms with E-state index in [0.717, 1.165) is 11.1 Å². The average molecular weight is 243 g/mol. The topological polar surface area (TPSA) is 75.1 Å². The molecule has 5 nitrogen and oxygen atoms in total. The molecule has 0 radical (unpaired) electrons. The molecule has 92 valence electrons. The van der Waals surface area contributed by atoms with Crippen LogP contribution in [0.3, 0.4) is 0 Å². The highest BCUT2D eigenvalue weighted by Gasteiger charge is 2.15. The molecule has 1 amide bonds. The highest BCUT2D eigenvalue weighted by molar-refractivity contribution is 5.64. The van der Waals surface area contributed by atoms with Gasteiger partial charge in [-0.1, -0.05) is 12.1 Å². The van der Waals surface area contributed by atoms with Crippen molar-refractivity contribution in [1.82, 2.24) is 15.3 Å². The second-order valence-electron chi connectivity index (χ2n) is 3.81. The van der Waals surface area contributed by atoms with Crippen molar-refractivity contribution < 1.29 is 9.90 Å². The quantitative estimate of drug-likeness (QED) is 0.859. The molecule has 18 heavy (non-hydrogen) atoms. The van der Waals surface area contributed by atoms with Gasteiger partial charge in [-0.15, -0.1) is 0 Å². The maximum absolute atomic E-state index is 10.6. The highest BCUT2D eigenvalue weighted by atomic mass is 16.4. The molecule has 2 rings (SSSR count). The normalized spacial score (nSPS) is 10.3. The Morgan fingerprint density at radius 3 is 2.11 bits per heavy atom. The third-order valence-electron chi connectivity index (χ3n) is 2.63. The number of hydrogen-bond acceptors (Lipinski definition) is 3. The lowest BCUT2D eigenvalue weighted by Crippen LogP contribution is -2.27. The van der Waals surface area contributed by atoms with Crippen LogP contribution < -0.4 is 5.32 Å². The first-order chi connectivity index (χ1) is 8.77. The molecule has 0 aliphatic rings. The molecular weight excluding hydrogens is 230 g/mol. The second-order valence-corrected chi connectivity index (χ2v) is 3.81. The van der Waals surface area contributed by atoms with Gasteiger partial charge in [-0.2, -0.15) is 0 Å². The number of nitrogens with one attached hydrogen (secondary N) is 1. The number of hydrogen-bond donors (Lipinski definition) is 2. The Labute approximate surface area is 105 Å². The van der Waals surface area contributed by atoms with E-state index in [0.29, 0.717) is 6.54 Å². The summed E-state index contributed by atoms with van der Waals surface area (Å²) < 4.78 is 0. The van der Waals surface area contributed by atoms with Gasteiger partial charge in [-0.3, -0.25) is 9.97 Å². The lowest BCUT2D eigenvalue weighted by Gasteiger charge is -2.16. The zero-order valence-corrected chi connectivity index (χ0v) is 9.65. The van der Waals surface area contributed by atoms with Gasteiger partial charge >= 0.3 is 6.09 Å². The van der Waals surface area contributed by atoms with Crippen LogP contribution in [-0.4, -0.2) is 27.7 Å². The van der Waals surface area contributed by atoms with Crippen molar-refractivity contribution in [3.05, 3.63) is 60.2 Å². The van der Waals surface area contributed by atoms with Crippen molar-refractivity contribution in [3.63, 3.8) is 0 Å². The van der Waals surface area contributed by atoms with Crippen LogP contribution in [0.1, 0.15) is 17.0 Å². The van der Waals surface area contributed by atoms with Gasteiger partial charge in [0.2, 0.25) is 0 Å². The summed E-state index contributed by atoms with van der Waals surface area (Å²) in [5.74, 6) is -0.0801. The molecule has 0 spiro atoms. The monoisotopic (exact) mass is 243 g/mol. The Balaban J connectivity index is 2.26. The molecule has 5 heteroatoms. The van der Waals surface area contributed by atoms with E-state index in [-0.39, 0.29) is 5.92 Å². The summed E-state index contributed by atoms with van der Waals surface area (Å²) in [5, 5.41) is 11.1. The van der Waals surface area contributed by atoms with E-state index < -0.39 is 6.09 Å². The van der Waals surface area contributed by atoms with Crippen molar-refractivity contribution in [2.45, 2.75) is 5.92 Å². The molecule has 0 unspecified atom stereocenters. The maximum Gasteiger partial charge on any atom is 0.404 e. The summed E-state index contributed by atoms with van der Waals surface area (Å²) in [4.78, 5) is 18.7. The van der Waals surface area contributed by atoms with Crippen LogP contribution >= 0.6 is 0 Å². The fraction of sp³-hybridized carbons (Fsp3) is 0.154. The Morgan fingerprint density at radius 2 is 1.72 bits per heavy atom. The number of carbonyl (C=O) groups is 1. The van der Waals surface area contributed by atoms with Crippen LogP contribution in [0.15, 0.2) is 49.1 Å². The molecule has 2 aromatic rings. The molecule has 0 aliphatic carbocycles. The van der Waals surface area contributed by atoms with E-state index in [4.69, 9.17) is 5.11 Å². The van der Waals surface area contributed by atoms with Crippen LogP contribution in [0.5, 0.6) is 0 Å². The van der Waals surface area contributed by atoms with Crippen LogP contribution in [0.2, 0.25) is 0 Å². The summed E-state index contributed by atoms with van der Waals surface area (Å²) in [6, 6.07) is 7.52. The fourth-order valence-electron chi connectivity index (χ4n) is 1.78. The highest BCUT2D eigenvalue weighted by Crippen LogP contribution is 2.22. The summed E-state index contributed by atoms with van der Waals surface area (Å²) in [6.45, 7) is 0.298. The Bertz CT molecular complexity index is 463. The molecule has 0 aliphatic heterocycles. The third-order valence-corrected chi connectivity index (χ3v) is 2.63. The van der Waals surface area contributed by atoms with Gasteiger partial charge in [0.1, 0.15) is 0 Å². The molecule has 0 atom stereocenters. The van der Waals surface area contributed by atoms with Crippen molar-refractivity contribution in [3.8, 4) is 0 Å². The first-order valence-corrected chi connectivity index (χ1v) is 5.54. The largest absolute Gasteiger partial charge is 0.465 e. The SMILES string of the molecule is O=C(O)NCC(c1cccnc1)c1cccnc1. The molecule has 0 fully saturated rings. The third kappa shape index (κ3) is 3.04. The van der Waals surface area contributed by atoms with Gasteiger partial charge in [0.15, 0.2) is 0 Å². The first-order valence-electron chi connectivity index (χ1n) is 5.54. The van der Waals surface area contributed by atoms with E-state index in [2.05, 4.69) is 15.3 Å². The molecule has 2 aromatic heterocycles. The molecule has 0 bridgehead atoms. The first kappa shape index (κ1) is 12.0. The molecule has 0 saturated heterocycles. The number of amides is 1. The molecule has 2 N–H and O–H groups in total. The van der Waals surface area contributed by atoms with Gasteiger partial charge in [0.25, 0.3) is 0 Å². The van der Waals surface area contributed by atoms with Crippen LogP contribution in [0.25, 0.3) is 0 Å². The predicted octanol–water partition coefficient (Wildman–Crippen LogP) is 1.88. The number of carboxylic acid groups (broad SMARTS) is 1. The number of rotatable bonds is 4. The van der Waals surface area contributed by atoms with Crippen molar-refractivity contribution >= 4 is 6.09 Å². The summed E-state index contributed by atoms with van der Waals surface area (Å²) in [7, 11) is 0. The minimum Gasteiger partial charge on any atom is -0.465 e. The maximum atomic E-state index is 10.6. The van der Waals surface area contributed by atoms with Crippen LogP contribution in [-0.2, 0) is 0 Å². The molecule has 0 aromatic carbocycles. The fourth-order valence-corrected chi connectivity index (χ4v) is 1.78.